The van der Waals surface area contributed by atoms with Gasteiger partial charge in [0.05, 0.1) is 30.5 Å². The molecule has 8 nitrogen and oxygen atoms in total. The van der Waals surface area contributed by atoms with Crippen molar-refractivity contribution in [1.82, 2.24) is 24.8 Å². The van der Waals surface area contributed by atoms with Gasteiger partial charge in [0, 0.05) is 25.4 Å². The molecule has 2 unspecified atom stereocenters. The van der Waals surface area contributed by atoms with Crippen molar-refractivity contribution in [2.75, 3.05) is 13.1 Å². The van der Waals surface area contributed by atoms with Gasteiger partial charge in [-0.25, -0.2) is 18.3 Å². The molecule has 10 heteroatoms. The Morgan fingerprint density at radius 3 is 2.82 bits per heavy atom. The van der Waals surface area contributed by atoms with Crippen LogP contribution in [0, 0.1) is 6.92 Å². The maximum Gasteiger partial charge on any atom is 0.410 e. The third kappa shape index (κ3) is 3.41. The number of alkyl halides is 1. The molecule has 0 N–H and O–H groups in total. The van der Waals surface area contributed by atoms with Crippen LogP contribution in [0.3, 0.4) is 0 Å². The summed E-state index contributed by atoms with van der Waals surface area (Å²) in [6.07, 6.45) is 4.39. The van der Waals surface area contributed by atoms with Crippen LogP contribution in [0.4, 0.5) is 13.6 Å². The van der Waals surface area contributed by atoms with Gasteiger partial charge in [-0.2, -0.15) is 0 Å². The minimum Gasteiger partial charge on any atom is -0.442 e. The Morgan fingerprint density at radius 2 is 2.14 bits per heavy atom. The van der Waals surface area contributed by atoms with E-state index in [1.165, 1.54) is 34.2 Å². The van der Waals surface area contributed by atoms with Crippen LogP contribution in [0.15, 0.2) is 42.1 Å². The number of halogens is 2. The average molecular weight is 391 g/mol. The molecule has 0 bridgehead atoms. The van der Waals surface area contributed by atoms with Crippen molar-refractivity contribution in [3.63, 3.8) is 0 Å². The number of cyclic esters (lactones) is 1. The summed E-state index contributed by atoms with van der Waals surface area (Å²) in [5.41, 5.74) is 0.795. The summed E-state index contributed by atoms with van der Waals surface area (Å²) in [6.45, 7) is 2.47. The topological polar surface area (TPSA) is 80.6 Å². The van der Waals surface area contributed by atoms with Crippen molar-refractivity contribution in [2.24, 2.45) is 0 Å². The molecular weight excluding hydrogens is 372 g/mol. The van der Waals surface area contributed by atoms with Gasteiger partial charge >= 0.3 is 6.09 Å². The molecular formula is C18H19F2N5O3. The Kier molecular flexibility index (Phi) is 4.70. The summed E-state index contributed by atoms with van der Waals surface area (Å²) >= 11 is 0. The van der Waals surface area contributed by atoms with Gasteiger partial charge in [0.25, 0.3) is 0 Å². The predicted molar refractivity (Wildman–Crippen MR) is 93.2 cm³/mol. The molecule has 1 aromatic rings. The molecule has 1 fully saturated rings. The van der Waals surface area contributed by atoms with Gasteiger partial charge in [0.15, 0.2) is 17.8 Å². The highest BCUT2D eigenvalue weighted by atomic mass is 19.2. The van der Waals surface area contributed by atoms with Crippen molar-refractivity contribution < 1.29 is 23.1 Å². The van der Waals surface area contributed by atoms with Crippen LogP contribution in [0.5, 0.6) is 0 Å². The number of hydrogen-bond acceptors (Lipinski definition) is 6. The van der Waals surface area contributed by atoms with Crippen molar-refractivity contribution >= 4 is 11.9 Å². The maximum atomic E-state index is 14.8. The summed E-state index contributed by atoms with van der Waals surface area (Å²) in [7, 11) is 0. The van der Waals surface area contributed by atoms with Crippen LogP contribution >= 0.6 is 0 Å². The summed E-state index contributed by atoms with van der Waals surface area (Å²) in [5.74, 6) is -1.02. The van der Waals surface area contributed by atoms with Crippen molar-refractivity contribution in [3.05, 3.63) is 47.8 Å². The van der Waals surface area contributed by atoms with E-state index >= 15 is 0 Å². The highest BCUT2D eigenvalue weighted by Gasteiger charge is 2.42. The van der Waals surface area contributed by atoms with Gasteiger partial charge in [-0.15, -0.1) is 5.10 Å². The van der Waals surface area contributed by atoms with Crippen LogP contribution in [0.25, 0.3) is 0 Å². The fraction of sp³-hybridized carbons (Fsp3) is 0.444. The second-order valence-electron chi connectivity index (χ2n) is 6.95. The highest BCUT2D eigenvalue weighted by molar-refractivity contribution is 5.90. The molecule has 0 aromatic carbocycles. The van der Waals surface area contributed by atoms with E-state index in [2.05, 4.69) is 10.3 Å². The number of nitrogens with zero attached hydrogens (tertiary/aromatic N) is 5. The number of aryl methyl sites for hydroxylation is 1. The number of allylic oxidation sites excluding steroid dienone is 2. The Balaban J connectivity index is 1.45. The number of aromatic nitrogens is 3. The van der Waals surface area contributed by atoms with Crippen LogP contribution in [-0.4, -0.2) is 68.1 Å². The van der Waals surface area contributed by atoms with E-state index in [1.54, 1.807) is 17.8 Å². The fourth-order valence-electron chi connectivity index (χ4n) is 3.49. The van der Waals surface area contributed by atoms with E-state index in [9.17, 15) is 18.4 Å². The molecule has 1 aromatic heterocycles. The molecule has 148 valence electrons. The van der Waals surface area contributed by atoms with Gasteiger partial charge < -0.3 is 9.64 Å². The first kappa shape index (κ1) is 18.3. The number of rotatable bonds is 4. The SMILES string of the molecule is Cc1cn(C[C@H]2CN(C3C=CC(N4C=CC(=O)CC4)=C(F)C3F)C(=O)O2)nn1. The minimum atomic E-state index is -2.01. The predicted octanol–water partition coefficient (Wildman–Crippen LogP) is 1.65. The standard InChI is InChI=1S/C18H19F2N5O3/c1-11-8-24(22-21-11)9-13-10-25(18(27)28-13)15-3-2-14(16(19)17(15)20)23-6-4-12(26)5-7-23/h2-4,6,8,13,15,17H,5,7,9-10H2,1H3/t13-,15?,17?/m0/s1. The molecule has 4 rings (SSSR count). The molecule has 2 aliphatic heterocycles. The molecule has 0 spiro atoms. The Bertz CT molecular complexity index is 894. The Hall–Kier alpha value is -3.04. The van der Waals surface area contributed by atoms with E-state index in [-0.39, 0.29) is 37.5 Å². The van der Waals surface area contributed by atoms with Crippen LogP contribution < -0.4 is 0 Å². The molecule has 3 aliphatic rings. The monoisotopic (exact) mass is 391 g/mol. The van der Waals surface area contributed by atoms with Crippen molar-refractivity contribution in [2.45, 2.75) is 38.2 Å². The molecule has 1 aliphatic carbocycles. The molecule has 0 radical (unpaired) electrons. The van der Waals surface area contributed by atoms with Gasteiger partial charge in [-0.3, -0.25) is 9.69 Å². The fourth-order valence-corrected chi connectivity index (χ4v) is 3.49. The van der Waals surface area contributed by atoms with E-state index in [4.69, 9.17) is 4.74 Å². The lowest BCUT2D eigenvalue weighted by Crippen LogP contribution is -2.44. The Morgan fingerprint density at radius 1 is 1.32 bits per heavy atom. The number of amides is 1. The maximum absolute atomic E-state index is 14.8. The number of ketones is 1. The molecule has 3 heterocycles. The number of carbonyl (C=O) groups excluding carboxylic acids is 2. The quantitative estimate of drug-likeness (QED) is 0.777. The summed E-state index contributed by atoms with van der Waals surface area (Å²) in [6, 6.07) is -1.09. The number of carbonyl (C=O) groups is 2. The molecule has 0 saturated carbocycles. The lowest BCUT2D eigenvalue weighted by Gasteiger charge is -2.32. The smallest absolute Gasteiger partial charge is 0.410 e. The van der Waals surface area contributed by atoms with Crippen LogP contribution in [-0.2, 0) is 16.1 Å². The second kappa shape index (κ2) is 7.17. The zero-order valence-corrected chi connectivity index (χ0v) is 15.2. The van der Waals surface area contributed by atoms with E-state index < -0.39 is 30.2 Å². The lowest BCUT2D eigenvalue weighted by molar-refractivity contribution is -0.115. The first-order valence-corrected chi connectivity index (χ1v) is 8.96. The molecule has 3 atom stereocenters. The van der Waals surface area contributed by atoms with Gasteiger partial charge in [-0.1, -0.05) is 11.3 Å². The number of ether oxygens (including phenoxy) is 1. The highest BCUT2D eigenvalue weighted by Crippen LogP contribution is 2.32. The first-order valence-electron chi connectivity index (χ1n) is 8.96. The third-order valence-corrected chi connectivity index (χ3v) is 4.89. The van der Waals surface area contributed by atoms with Gasteiger partial charge in [-0.05, 0) is 19.1 Å². The summed E-state index contributed by atoms with van der Waals surface area (Å²) in [4.78, 5) is 26.2. The third-order valence-electron chi connectivity index (χ3n) is 4.89. The zero-order chi connectivity index (χ0) is 19.8. The summed E-state index contributed by atoms with van der Waals surface area (Å²) < 4.78 is 36.3. The minimum absolute atomic E-state index is 0.0554. The Labute approximate surface area is 159 Å². The van der Waals surface area contributed by atoms with E-state index in [0.717, 1.165) is 5.69 Å². The van der Waals surface area contributed by atoms with Gasteiger partial charge in [0.2, 0.25) is 0 Å². The van der Waals surface area contributed by atoms with Crippen LogP contribution in [0.1, 0.15) is 12.1 Å². The lowest BCUT2D eigenvalue weighted by atomic mass is 10.0. The normalized spacial score (nSPS) is 27.8. The second-order valence-corrected chi connectivity index (χ2v) is 6.95. The molecule has 1 saturated heterocycles. The zero-order valence-electron chi connectivity index (χ0n) is 15.2. The molecule has 1 amide bonds. The van der Waals surface area contributed by atoms with E-state index in [1.807, 2.05) is 0 Å². The van der Waals surface area contributed by atoms with Crippen LogP contribution in [0.2, 0.25) is 0 Å². The van der Waals surface area contributed by atoms with Crippen molar-refractivity contribution in [1.29, 1.82) is 0 Å². The average Bonchev–Trinajstić information content (AvgIpc) is 3.23. The number of hydrogen-bond donors (Lipinski definition) is 0. The van der Waals surface area contributed by atoms with E-state index in [0.29, 0.717) is 0 Å². The first-order chi connectivity index (χ1) is 13.4. The van der Waals surface area contributed by atoms with Crippen molar-refractivity contribution in [3.8, 4) is 0 Å². The largest absolute Gasteiger partial charge is 0.442 e. The van der Waals surface area contributed by atoms with Gasteiger partial charge in [0.1, 0.15) is 6.10 Å². The summed E-state index contributed by atoms with van der Waals surface area (Å²) in [5, 5.41) is 7.77. The molecule has 28 heavy (non-hydrogen) atoms.